The molecular formula is C107H202N12O12. The van der Waals surface area contributed by atoms with E-state index in [9.17, 15) is 57.5 Å². The van der Waals surface area contributed by atoms with Crippen molar-refractivity contribution < 1.29 is 57.5 Å². The largest absolute Gasteiger partial charge is 0.345 e. The van der Waals surface area contributed by atoms with Crippen LogP contribution in [0.1, 0.15) is 340 Å². The van der Waals surface area contributed by atoms with Crippen molar-refractivity contribution in [1.29, 1.82) is 0 Å². The zero-order valence-electron chi connectivity index (χ0n) is 90.3. The highest BCUT2D eigenvalue weighted by atomic mass is 16.2. The molecule has 0 aromatic rings. The molecule has 6 amide bonds. The van der Waals surface area contributed by atoms with E-state index in [2.05, 4.69) is 61.1 Å². The molecule has 0 spiro atoms. The van der Waals surface area contributed by atoms with E-state index in [0.29, 0.717) is 26.2 Å². The summed E-state index contributed by atoms with van der Waals surface area (Å²) >= 11 is 0. The van der Waals surface area contributed by atoms with Gasteiger partial charge in [0.05, 0.1) is 0 Å². The highest BCUT2D eigenvalue weighted by Crippen LogP contribution is 2.43. The Morgan fingerprint density at radius 2 is 0.351 bits per heavy atom. The fraction of sp³-hybridized carbons (Fsp3) is 0.888. The summed E-state index contributed by atoms with van der Waals surface area (Å²) in [7, 11) is 15.2. The first kappa shape index (κ1) is 124. The maximum atomic E-state index is 12.9. The van der Waals surface area contributed by atoms with Gasteiger partial charge in [0.15, 0.2) is 0 Å². The van der Waals surface area contributed by atoms with Crippen molar-refractivity contribution in [3.63, 3.8) is 0 Å². The van der Waals surface area contributed by atoms with Gasteiger partial charge in [-0.2, -0.15) is 0 Å². The first-order valence-corrected chi connectivity index (χ1v) is 51.9. The van der Waals surface area contributed by atoms with E-state index < -0.39 is 0 Å². The van der Waals surface area contributed by atoms with Crippen LogP contribution in [0, 0.1) is 104 Å². The van der Waals surface area contributed by atoms with E-state index in [1.807, 2.05) is 187 Å². The highest BCUT2D eigenvalue weighted by molar-refractivity contribution is 5.96. The molecule has 0 radical (unpaired) electrons. The number of ketones is 6. The van der Waals surface area contributed by atoms with E-state index in [1.165, 1.54) is 0 Å². The second-order valence-electron chi connectivity index (χ2n) is 45.8. The van der Waals surface area contributed by atoms with Crippen LogP contribution < -0.4 is 11.5 Å². The average molecular weight is 1850 g/mol. The fourth-order valence-corrected chi connectivity index (χ4v) is 20.1. The molecule has 0 unspecified atom stereocenters. The Balaban J connectivity index is 0.000000788. The van der Waals surface area contributed by atoms with Gasteiger partial charge in [0.2, 0.25) is 35.4 Å². The monoisotopic (exact) mass is 1850 g/mol. The summed E-state index contributed by atoms with van der Waals surface area (Å²) < 4.78 is 0. The second-order valence-corrected chi connectivity index (χ2v) is 45.8. The summed E-state index contributed by atoms with van der Waals surface area (Å²) in [6.07, 6.45) is 26.0. The Bertz CT molecular complexity index is 3260. The lowest BCUT2D eigenvalue weighted by Crippen LogP contribution is -2.45. The van der Waals surface area contributed by atoms with Crippen molar-refractivity contribution in [2.45, 2.75) is 340 Å². The number of Topliss-reactive ketones (excluding diaryl/α,β-unsaturated/α-hetero) is 6. The number of carbonyl (C=O) groups excluding carboxylic acids is 12. The maximum absolute atomic E-state index is 12.9. The van der Waals surface area contributed by atoms with E-state index in [1.54, 1.807) is 23.9 Å². The van der Waals surface area contributed by atoms with Gasteiger partial charge in [0.1, 0.15) is 34.7 Å². The third-order valence-corrected chi connectivity index (χ3v) is 28.6. The summed E-state index contributed by atoms with van der Waals surface area (Å²) in [6.45, 7) is 63.5. The quantitative estimate of drug-likeness (QED) is 0.0584. The van der Waals surface area contributed by atoms with Crippen LogP contribution in [0.5, 0.6) is 0 Å². The van der Waals surface area contributed by atoms with Crippen LogP contribution in [-0.4, -0.2) is 293 Å². The number of likely N-dealkylation sites (N-methyl/N-ethyl adjacent to an activating group) is 4. The normalized spacial score (nSPS) is 22.7. The van der Waals surface area contributed by atoms with E-state index in [-0.39, 0.29) is 174 Å². The first-order chi connectivity index (χ1) is 60.9. The Kier molecular flexibility index (Phi) is 56.9. The van der Waals surface area contributed by atoms with Gasteiger partial charge < -0.3 is 60.5 Å². The highest BCUT2D eigenvalue weighted by Gasteiger charge is 2.47. The standard InChI is InChI=1S/2C20H38N2O2.C19H36N2O2.C18H34N2O2.2C15H28N2O2/c2*1-7-22(8-2)15-11-14-21(6)19(24)17-13-10-9-12-16(17)18(23)20(3,4)5;1-7-21(8-2)14-13-20(6)18(23)16-12-10-9-11-15(16)17(22)19(3,4)5;1-18(2,3)16(21)14-10-7-8-11-15(14)17(22)20(6)13-9-12-19(4)5;2*1-15(2,3)13(18)11-7-5-6-8-12(11)14(19)17(4)10-9-16/h2*16-17H,7-15H2,1-6H3;15-16H,7-14H2,1-6H3;14-15H,7-13H2,1-6H3;2*11-12H,5-10,16H2,1-4H3/t2*16-,17+;15-,16+;14-,15+;2*11-,12+/m101010/s1. The molecule has 4 N–H and O–H groups in total. The van der Waals surface area contributed by atoms with Crippen molar-refractivity contribution in [3.8, 4) is 0 Å². The number of nitrogens with two attached hydrogens (primary N) is 2. The lowest BCUT2D eigenvalue weighted by atomic mass is 9.70. The van der Waals surface area contributed by atoms with Gasteiger partial charge in [-0.05, 0) is 169 Å². The molecular weight excluding hydrogens is 1650 g/mol. The number of nitrogens with zero attached hydrogens (tertiary/aromatic N) is 10. The zero-order chi connectivity index (χ0) is 100. The Morgan fingerprint density at radius 1 is 0.206 bits per heavy atom. The zero-order valence-corrected chi connectivity index (χ0v) is 90.3. The Hall–Kier alpha value is -5.40. The summed E-state index contributed by atoms with van der Waals surface area (Å²) in [4.78, 5) is 172. The lowest BCUT2D eigenvalue weighted by Gasteiger charge is -2.36. The van der Waals surface area contributed by atoms with Gasteiger partial charge in [-0.15, -0.1) is 0 Å². The van der Waals surface area contributed by atoms with Gasteiger partial charge in [-0.25, -0.2) is 0 Å². The smallest absolute Gasteiger partial charge is 0.226 e. The minimum atomic E-state index is -0.368. The number of rotatable bonds is 37. The van der Waals surface area contributed by atoms with Gasteiger partial charge in [-0.1, -0.05) is 243 Å². The lowest BCUT2D eigenvalue weighted by molar-refractivity contribution is -0.144. The van der Waals surface area contributed by atoms with Crippen LogP contribution in [0.25, 0.3) is 0 Å². The van der Waals surface area contributed by atoms with E-state index >= 15 is 0 Å². The van der Waals surface area contributed by atoms with Crippen LogP contribution in [0.3, 0.4) is 0 Å². The molecule has 762 valence electrons. The third kappa shape index (κ3) is 42.6. The summed E-state index contributed by atoms with van der Waals surface area (Å²) in [5, 5.41) is 0. The molecule has 24 heteroatoms. The Labute approximate surface area is 801 Å². The molecule has 0 heterocycles. The van der Waals surface area contributed by atoms with Crippen molar-refractivity contribution in [3.05, 3.63) is 0 Å². The molecule has 6 aliphatic rings. The molecule has 131 heavy (non-hydrogen) atoms. The molecule has 0 bridgehead atoms. The van der Waals surface area contributed by atoms with Gasteiger partial charge in [-0.3, -0.25) is 57.5 Å². The average Bonchev–Trinajstić information content (AvgIpc) is 0.839. The minimum absolute atomic E-state index is 0.0856. The van der Waals surface area contributed by atoms with Crippen LogP contribution in [0.15, 0.2) is 0 Å². The van der Waals surface area contributed by atoms with Crippen molar-refractivity contribution in [1.82, 2.24) is 49.0 Å². The predicted octanol–water partition coefficient (Wildman–Crippen LogP) is 16.9. The number of hydrogen-bond donors (Lipinski definition) is 2. The molecule has 6 aliphatic carbocycles. The summed E-state index contributed by atoms with van der Waals surface area (Å²) in [6, 6.07) is 0. The summed E-state index contributed by atoms with van der Waals surface area (Å²) in [5.41, 5.74) is 8.83. The van der Waals surface area contributed by atoms with Crippen molar-refractivity contribution in [2.24, 2.45) is 115 Å². The van der Waals surface area contributed by atoms with Gasteiger partial charge in [0, 0.05) is 205 Å². The van der Waals surface area contributed by atoms with Crippen molar-refractivity contribution in [2.75, 3.05) is 174 Å². The number of hydrogen-bond acceptors (Lipinski definition) is 18. The minimum Gasteiger partial charge on any atom is -0.345 e. The molecule has 24 nitrogen and oxygen atoms in total. The van der Waals surface area contributed by atoms with Crippen molar-refractivity contribution >= 4 is 70.1 Å². The Morgan fingerprint density at radius 3 is 0.504 bits per heavy atom. The first-order valence-electron chi connectivity index (χ1n) is 51.9. The topological polar surface area (TPSA) is 289 Å². The molecule has 6 rings (SSSR count). The molecule has 0 aromatic carbocycles. The number of carbonyl (C=O) groups is 12. The summed E-state index contributed by atoms with van der Waals surface area (Å²) in [5.74, 6) is 1.08. The fourth-order valence-electron chi connectivity index (χ4n) is 20.1. The molecule has 0 aromatic heterocycles. The second kappa shape index (κ2) is 60.3. The van der Waals surface area contributed by atoms with Crippen LogP contribution in [-0.2, 0) is 57.5 Å². The van der Waals surface area contributed by atoms with E-state index in [4.69, 9.17) is 11.5 Å². The number of amides is 6. The molecule has 12 atom stereocenters. The van der Waals surface area contributed by atoms with E-state index in [0.717, 1.165) is 265 Å². The molecule has 6 fully saturated rings. The predicted molar refractivity (Wildman–Crippen MR) is 539 cm³/mol. The van der Waals surface area contributed by atoms with Gasteiger partial charge >= 0.3 is 0 Å². The van der Waals surface area contributed by atoms with Crippen LogP contribution >= 0.6 is 0 Å². The van der Waals surface area contributed by atoms with Crippen LogP contribution in [0.4, 0.5) is 0 Å². The molecule has 0 aliphatic heterocycles. The van der Waals surface area contributed by atoms with Gasteiger partial charge in [0.25, 0.3) is 0 Å². The van der Waals surface area contributed by atoms with Crippen LogP contribution in [0.2, 0.25) is 0 Å². The third-order valence-electron chi connectivity index (χ3n) is 28.6. The molecule has 6 saturated carbocycles. The molecule has 0 saturated heterocycles. The maximum Gasteiger partial charge on any atom is 0.226 e. The SMILES string of the molecule is CCN(CC)CCCN(C)C(=O)[C@@H]1CCCC[C@@H]1C(=O)C(C)(C)C.CCN(CC)CCCN(C)C(=O)[C@H]1CCCC[C@H]1C(=O)C(C)(C)C.CCN(CC)CCN(C)C(=O)[C@H]1CCCC[C@H]1C(=O)C(C)(C)C.CN(C)CCCN(C)C(=O)[C@@H]1CCCC[C@@H]1C(=O)C(C)(C)C.CN(CCN)C(=O)[C@@H]1CCCC[C@@H]1C(=O)C(C)(C)C.CN(CCN)C(=O)[C@H]1CCCC[C@H]1C(=O)C(C)(C)C.